The van der Waals surface area contributed by atoms with E-state index in [-0.39, 0.29) is 31.5 Å². The maximum atomic E-state index is 13.2. The lowest BCUT2D eigenvalue weighted by atomic mass is 10.2. The van der Waals surface area contributed by atoms with Gasteiger partial charge in [-0.1, -0.05) is 50.2 Å². The predicted molar refractivity (Wildman–Crippen MR) is 152 cm³/mol. The molecule has 0 spiro atoms. The number of carbonyl (C=O) groups excluding carboxylic acids is 3. The molecule has 0 heterocycles. The molecule has 0 saturated heterocycles. The predicted octanol–water partition coefficient (Wildman–Crippen LogP) is 4.34. The molecular formula is C29H33N5O5. The molecular weight excluding hydrogens is 498 g/mol. The van der Waals surface area contributed by atoms with Crippen LogP contribution in [-0.4, -0.2) is 60.0 Å². The van der Waals surface area contributed by atoms with Crippen LogP contribution in [0.4, 0.5) is 27.5 Å². The molecule has 0 saturated carbocycles. The minimum Gasteiger partial charge on any atom is -0.480 e. The Labute approximate surface area is 227 Å². The Morgan fingerprint density at radius 3 is 1.74 bits per heavy atom. The highest BCUT2D eigenvalue weighted by atomic mass is 16.4. The highest BCUT2D eigenvalue weighted by molar-refractivity contribution is 6.00. The zero-order chi connectivity index (χ0) is 28.2. The molecule has 39 heavy (non-hydrogen) atoms. The van der Waals surface area contributed by atoms with Gasteiger partial charge in [0.15, 0.2) is 0 Å². The van der Waals surface area contributed by atoms with Crippen molar-refractivity contribution < 1.29 is 24.3 Å². The summed E-state index contributed by atoms with van der Waals surface area (Å²) in [4.78, 5) is 52.5. The lowest BCUT2D eigenvalue weighted by Gasteiger charge is -2.28. The Bertz CT molecular complexity index is 1250. The lowest BCUT2D eigenvalue weighted by Crippen LogP contribution is -2.46. The van der Waals surface area contributed by atoms with Crippen molar-refractivity contribution in [3.05, 3.63) is 84.9 Å². The average Bonchev–Trinajstić information content (AvgIpc) is 2.89. The molecule has 4 N–H and O–H groups in total. The van der Waals surface area contributed by atoms with Crippen molar-refractivity contribution >= 4 is 46.6 Å². The van der Waals surface area contributed by atoms with Gasteiger partial charge in [0.25, 0.3) is 0 Å². The number of aliphatic carboxylic acids is 1. The molecule has 10 nitrogen and oxygen atoms in total. The Balaban J connectivity index is 1.59. The summed E-state index contributed by atoms with van der Waals surface area (Å²) in [5.41, 5.74) is 2.31. The van der Waals surface area contributed by atoms with Gasteiger partial charge < -0.3 is 30.9 Å². The zero-order valence-corrected chi connectivity index (χ0v) is 22.0. The van der Waals surface area contributed by atoms with E-state index >= 15 is 0 Å². The number of urea groups is 1. The fraction of sp³-hybridized carbons (Fsp3) is 0.241. The molecule has 3 rings (SSSR count). The summed E-state index contributed by atoms with van der Waals surface area (Å²) in [7, 11) is 0. The summed E-state index contributed by atoms with van der Waals surface area (Å²) < 4.78 is 0. The molecule has 0 fully saturated rings. The summed E-state index contributed by atoms with van der Waals surface area (Å²) in [6.07, 6.45) is 0. The first kappa shape index (κ1) is 28.7. The molecule has 0 aliphatic heterocycles. The first-order valence-electron chi connectivity index (χ1n) is 12.5. The number of nitrogens with zero attached hydrogens (tertiary/aromatic N) is 2. The van der Waals surface area contributed by atoms with E-state index in [1.165, 1.54) is 9.80 Å². The van der Waals surface area contributed by atoms with Gasteiger partial charge in [0.2, 0.25) is 11.8 Å². The second-order valence-corrected chi connectivity index (χ2v) is 9.32. The Morgan fingerprint density at radius 2 is 1.21 bits per heavy atom. The number of carbonyl (C=O) groups is 4. The number of nitrogens with one attached hydrogen (secondary N) is 3. The van der Waals surface area contributed by atoms with E-state index in [2.05, 4.69) is 16.0 Å². The molecule has 3 aromatic carbocycles. The van der Waals surface area contributed by atoms with Crippen LogP contribution < -0.4 is 20.9 Å². The fourth-order valence-corrected chi connectivity index (χ4v) is 3.82. The molecule has 4 amide bonds. The van der Waals surface area contributed by atoms with Gasteiger partial charge in [-0.3, -0.25) is 14.4 Å². The Kier molecular flexibility index (Phi) is 10.4. The third-order valence-electron chi connectivity index (χ3n) is 5.50. The van der Waals surface area contributed by atoms with Crippen LogP contribution in [0.2, 0.25) is 0 Å². The molecule has 0 radical (unpaired) electrons. The maximum Gasteiger partial charge on any atom is 0.323 e. The summed E-state index contributed by atoms with van der Waals surface area (Å²) in [6.45, 7) is 3.49. The van der Waals surface area contributed by atoms with Gasteiger partial charge in [0.05, 0.1) is 13.1 Å². The molecule has 0 bridgehead atoms. The second kappa shape index (κ2) is 14.2. The molecule has 0 aliphatic carbocycles. The number of hydrogen-bond acceptors (Lipinski definition) is 5. The number of anilines is 4. The van der Waals surface area contributed by atoms with Gasteiger partial charge >= 0.3 is 12.0 Å². The quantitative estimate of drug-likeness (QED) is 0.275. The summed E-state index contributed by atoms with van der Waals surface area (Å²) in [5, 5.41) is 17.5. The maximum absolute atomic E-state index is 13.2. The zero-order valence-electron chi connectivity index (χ0n) is 22.0. The minimum absolute atomic E-state index is 0.0961. The highest BCUT2D eigenvalue weighted by Gasteiger charge is 2.22. The van der Waals surface area contributed by atoms with Crippen molar-refractivity contribution in [2.75, 3.05) is 47.0 Å². The first-order chi connectivity index (χ1) is 18.7. The SMILES string of the molecule is CC(C)CN(CC(=O)Nc1ccc(NC(=O)Nc2ccccc2)cc1)C(=O)CN(CC(=O)O)c1ccccc1. The summed E-state index contributed by atoms with van der Waals surface area (Å²) in [5.74, 6) is -1.71. The van der Waals surface area contributed by atoms with E-state index in [1.54, 1.807) is 60.7 Å². The van der Waals surface area contributed by atoms with Crippen LogP contribution in [0.25, 0.3) is 0 Å². The van der Waals surface area contributed by atoms with Gasteiger partial charge in [-0.05, 0) is 54.4 Å². The van der Waals surface area contributed by atoms with Gasteiger partial charge in [0, 0.05) is 29.3 Å². The van der Waals surface area contributed by atoms with Gasteiger partial charge in [-0.25, -0.2) is 4.79 Å². The fourth-order valence-electron chi connectivity index (χ4n) is 3.82. The van der Waals surface area contributed by atoms with E-state index in [1.807, 2.05) is 38.1 Å². The van der Waals surface area contributed by atoms with Crippen molar-refractivity contribution in [2.24, 2.45) is 5.92 Å². The van der Waals surface area contributed by atoms with E-state index in [4.69, 9.17) is 0 Å². The number of benzene rings is 3. The molecule has 0 aliphatic rings. The summed E-state index contributed by atoms with van der Waals surface area (Å²) in [6, 6.07) is 24.1. The monoisotopic (exact) mass is 531 g/mol. The van der Waals surface area contributed by atoms with Crippen LogP contribution in [0.15, 0.2) is 84.9 Å². The van der Waals surface area contributed by atoms with Gasteiger partial charge in [-0.15, -0.1) is 0 Å². The number of para-hydroxylation sites is 2. The number of hydrogen-bond donors (Lipinski definition) is 4. The topological polar surface area (TPSA) is 131 Å². The normalized spacial score (nSPS) is 10.4. The van der Waals surface area contributed by atoms with Crippen molar-refractivity contribution in [1.29, 1.82) is 0 Å². The van der Waals surface area contributed by atoms with Crippen LogP contribution in [0.5, 0.6) is 0 Å². The van der Waals surface area contributed by atoms with Crippen LogP contribution in [0.3, 0.4) is 0 Å². The second-order valence-electron chi connectivity index (χ2n) is 9.32. The third kappa shape index (κ3) is 9.84. The number of carboxylic acid groups (broad SMARTS) is 1. The van der Waals surface area contributed by atoms with Crippen LogP contribution >= 0.6 is 0 Å². The van der Waals surface area contributed by atoms with Crippen LogP contribution in [0, 0.1) is 5.92 Å². The number of carboxylic acids is 1. The summed E-state index contributed by atoms with van der Waals surface area (Å²) >= 11 is 0. The molecule has 0 atom stereocenters. The highest BCUT2D eigenvalue weighted by Crippen LogP contribution is 2.16. The molecule has 0 aromatic heterocycles. The average molecular weight is 532 g/mol. The third-order valence-corrected chi connectivity index (χ3v) is 5.50. The van der Waals surface area contributed by atoms with E-state index in [0.29, 0.717) is 29.3 Å². The van der Waals surface area contributed by atoms with Crippen molar-refractivity contribution in [3.63, 3.8) is 0 Å². The minimum atomic E-state index is -1.06. The van der Waals surface area contributed by atoms with E-state index in [9.17, 15) is 24.3 Å². The van der Waals surface area contributed by atoms with E-state index < -0.39 is 17.9 Å². The Morgan fingerprint density at radius 1 is 0.692 bits per heavy atom. The van der Waals surface area contributed by atoms with Crippen molar-refractivity contribution in [2.45, 2.75) is 13.8 Å². The van der Waals surface area contributed by atoms with Crippen LogP contribution in [-0.2, 0) is 14.4 Å². The Hall–Kier alpha value is -4.86. The largest absolute Gasteiger partial charge is 0.480 e. The number of amides is 4. The van der Waals surface area contributed by atoms with Gasteiger partial charge in [-0.2, -0.15) is 0 Å². The lowest BCUT2D eigenvalue weighted by molar-refractivity contribution is -0.136. The first-order valence-corrected chi connectivity index (χ1v) is 12.5. The van der Waals surface area contributed by atoms with Gasteiger partial charge in [0.1, 0.15) is 6.54 Å². The van der Waals surface area contributed by atoms with Crippen LogP contribution in [0.1, 0.15) is 13.8 Å². The molecule has 3 aromatic rings. The molecule has 204 valence electrons. The smallest absolute Gasteiger partial charge is 0.323 e. The number of rotatable bonds is 12. The molecule has 10 heteroatoms. The standard InChI is InChI=1S/C29H33N5O5/c1-21(2)17-34(27(36)19-33(20-28(37)38)25-11-7-4-8-12-25)18-26(35)30-23-13-15-24(16-14-23)32-29(39)31-22-9-5-3-6-10-22/h3-16,21H,17-20H2,1-2H3,(H,30,35)(H,37,38)(H2,31,32,39). The van der Waals surface area contributed by atoms with Crippen molar-refractivity contribution in [1.82, 2.24) is 4.90 Å². The van der Waals surface area contributed by atoms with Crippen molar-refractivity contribution in [3.8, 4) is 0 Å². The molecule has 0 unspecified atom stereocenters. The van der Waals surface area contributed by atoms with E-state index in [0.717, 1.165) is 0 Å².